The monoisotopic (exact) mass is 440 g/mol. The van der Waals surface area contributed by atoms with Crippen molar-refractivity contribution in [3.63, 3.8) is 0 Å². The normalized spacial score (nSPS) is 20.2. The number of hydrogen-bond donors (Lipinski definition) is 0. The summed E-state index contributed by atoms with van der Waals surface area (Å²) in [6.45, 7) is 10.5. The molecule has 1 unspecified atom stereocenters. The number of anilines is 1. The highest BCUT2D eigenvalue weighted by atomic mass is 16.5. The number of benzene rings is 1. The number of ether oxygens (including phenoxy) is 1. The van der Waals surface area contributed by atoms with Gasteiger partial charge in [-0.05, 0) is 50.7 Å². The van der Waals surface area contributed by atoms with E-state index in [1.165, 1.54) is 0 Å². The van der Waals surface area contributed by atoms with Crippen molar-refractivity contribution in [1.29, 1.82) is 0 Å². The summed E-state index contributed by atoms with van der Waals surface area (Å²) < 4.78 is 7.48. The van der Waals surface area contributed by atoms with Gasteiger partial charge in [-0.3, -0.25) is 9.59 Å². The Labute approximate surface area is 190 Å². The molecule has 0 bridgehead atoms. The van der Waals surface area contributed by atoms with Gasteiger partial charge in [0.05, 0.1) is 29.5 Å². The number of carbonyl (C=O) groups is 2. The molecule has 2 saturated heterocycles. The number of rotatable bonds is 6. The zero-order chi connectivity index (χ0) is 22.7. The summed E-state index contributed by atoms with van der Waals surface area (Å²) in [6.07, 6.45) is 3.30. The average molecular weight is 441 g/mol. The highest BCUT2D eigenvalue weighted by molar-refractivity contribution is 5.81. The van der Waals surface area contributed by atoms with Crippen LogP contribution in [0.3, 0.4) is 0 Å². The average Bonchev–Trinajstić information content (AvgIpc) is 3.17. The molecular weight excluding hydrogens is 404 g/mol. The van der Waals surface area contributed by atoms with E-state index in [-0.39, 0.29) is 23.7 Å². The van der Waals surface area contributed by atoms with Crippen LogP contribution in [-0.2, 0) is 20.9 Å². The molecule has 2 fully saturated rings. The van der Waals surface area contributed by atoms with Gasteiger partial charge in [0.1, 0.15) is 0 Å². The van der Waals surface area contributed by atoms with E-state index in [0.717, 1.165) is 42.9 Å². The van der Waals surface area contributed by atoms with Gasteiger partial charge in [-0.1, -0.05) is 26.0 Å². The molecular formula is C25H36N4O3. The first-order valence-electron chi connectivity index (χ1n) is 12.1. The van der Waals surface area contributed by atoms with E-state index < -0.39 is 0 Å². The first kappa shape index (κ1) is 22.6. The molecule has 0 N–H and O–H groups in total. The number of imidazole rings is 1. The van der Waals surface area contributed by atoms with Crippen LogP contribution in [0.1, 0.15) is 46.5 Å². The van der Waals surface area contributed by atoms with Crippen LogP contribution in [0.5, 0.6) is 0 Å². The van der Waals surface area contributed by atoms with Crippen molar-refractivity contribution in [3.8, 4) is 0 Å². The van der Waals surface area contributed by atoms with E-state index in [2.05, 4.69) is 41.5 Å². The summed E-state index contributed by atoms with van der Waals surface area (Å²) in [5.74, 6) is 1.51. The maximum atomic E-state index is 13.3. The molecule has 0 spiro atoms. The zero-order valence-electron chi connectivity index (χ0n) is 19.6. The van der Waals surface area contributed by atoms with Gasteiger partial charge in [0, 0.05) is 32.7 Å². The minimum absolute atomic E-state index is 0.0183. The molecule has 7 heteroatoms. The van der Waals surface area contributed by atoms with Crippen molar-refractivity contribution in [2.24, 2.45) is 17.8 Å². The van der Waals surface area contributed by atoms with Crippen molar-refractivity contribution in [2.45, 2.75) is 53.0 Å². The summed E-state index contributed by atoms with van der Waals surface area (Å²) in [4.78, 5) is 34.6. The lowest BCUT2D eigenvalue weighted by molar-refractivity contribution is -0.151. The van der Waals surface area contributed by atoms with Crippen LogP contribution in [0, 0.1) is 17.8 Å². The fourth-order valence-electron chi connectivity index (χ4n) is 5.06. The molecule has 174 valence electrons. The van der Waals surface area contributed by atoms with Crippen molar-refractivity contribution >= 4 is 28.9 Å². The van der Waals surface area contributed by atoms with Crippen LogP contribution in [0.25, 0.3) is 11.0 Å². The predicted molar refractivity (Wildman–Crippen MR) is 125 cm³/mol. The Hall–Kier alpha value is -2.57. The molecule has 32 heavy (non-hydrogen) atoms. The molecule has 2 aromatic rings. The third-order valence-corrected chi connectivity index (χ3v) is 6.66. The zero-order valence-corrected chi connectivity index (χ0v) is 19.6. The van der Waals surface area contributed by atoms with Gasteiger partial charge in [-0.15, -0.1) is 0 Å². The third-order valence-electron chi connectivity index (χ3n) is 6.66. The molecule has 1 aromatic carbocycles. The van der Waals surface area contributed by atoms with E-state index in [0.29, 0.717) is 45.0 Å². The van der Waals surface area contributed by atoms with Crippen molar-refractivity contribution in [1.82, 2.24) is 14.5 Å². The minimum Gasteiger partial charge on any atom is -0.466 e. The largest absolute Gasteiger partial charge is 0.466 e. The first-order valence-corrected chi connectivity index (χ1v) is 12.1. The van der Waals surface area contributed by atoms with Crippen molar-refractivity contribution < 1.29 is 14.3 Å². The minimum atomic E-state index is -0.118. The predicted octanol–water partition coefficient (Wildman–Crippen LogP) is 3.71. The van der Waals surface area contributed by atoms with Gasteiger partial charge in [-0.25, -0.2) is 4.98 Å². The first-order chi connectivity index (χ1) is 15.5. The second-order valence-electron chi connectivity index (χ2n) is 9.54. The Morgan fingerprint density at radius 2 is 1.84 bits per heavy atom. The second kappa shape index (κ2) is 9.92. The van der Waals surface area contributed by atoms with E-state index in [4.69, 9.17) is 9.72 Å². The SMILES string of the molecule is CCOC(=O)C1CCN(C(=O)C2CCCN(c3nc4ccccc4n3CC(C)C)C2)CC1. The summed E-state index contributed by atoms with van der Waals surface area (Å²) in [7, 11) is 0. The number of amides is 1. The number of para-hydroxylation sites is 2. The Morgan fingerprint density at radius 3 is 2.56 bits per heavy atom. The van der Waals surface area contributed by atoms with Crippen molar-refractivity contribution in [2.75, 3.05) is 37.7 Å². The van der Waals surface area contributed by atoms with Crippen LogP contribution in [0.4, 0.5) is 5.95 Å². The molecule has 1 aromatic heterocycles. The molecule has 1 atom stereocenters. The lowest BCUT2D eigenvalue weighted by Crippen LogP contribution is -2.48. The van der Waals surface area contributed by atoms with Crippen LogP contribution in [0.2, 0.25) is 0 Å². The Kier molecular flexibility index (Phi) is 7.01. The summed E-state index contributed by atoms with van der Waals surface area (Å²) >= 11 is 0. The van der Waals surface area contributed by atoms with Crippen LogP contribution in [0.15, 0.2) is 24.3 Å². The van der Waals surface area contributed by atoms with Gasteiger partial charge < -0.3 is 19.1 Å². The van der Waals surface area contributed by atoms with E-state index in [1.54, 1.807) is 0 Å². The molecule has 1 amide bonds. The summed E-state index contributed by atoms with van der Waals surface area (Å²) in [6, 6.07) is 8.29. The smallest absolute Gasteiger partial charge is 0.309 e. The van der Waals surface area contributed by atoms with E-state index >= 15 is 0 Å². The lowest BCUT2D eigenvalue weighted by Gasteiger charge is -2.38. The fraction of sp³-hybridized carbons (Fsp3) is 0.640. The molecule has 0 aliphatic carbocycles. The van der Waals surface area contributed by atoms with E-state index in [1.807, 2.05) is 17.9 Å². The van der Waals surface area contributed by atoms with Crippen LogP contribution in [-0.4, -0.2) is 59.1 Å². The number of fused-ring (bicyclic) bond motifs is 1. The van der Waals surface area contributed by atoms with E-state index in [9.17, 15) is 9.59 Å². The lowest BCUT2D eigenvalue weighted by atomic mass is 9.93. The number of piperidine rings is 2. The maximum absolute atomic E-state index is 13.3. The van der Waals surface area contributed by atoms with Gasteiger partial charge in [0.2, 0.25) is 11.9 Å². The molecule has 4 rings (SSSR count). The number of esters is 1. The number of hydrogen-bond acceptors (Lipinski definition) is 5. The van der Waals surface area contributed by atoms with Gasteiger partial charge in [0.15, 0.2) is 0 Å². The Bertz CT molecular complexity index is 946. The summed E-state index contributed by atoms with van der Waals surface area (Å²) in [5.41, 5.74) is 2.17. The molecule has 0 saturated carbocycles. The quantitative estimate of drug-likeness (QED) is 0.641. The standard InChI is InChI=1S/C25H36N4O3/c1-4-32-24(31)19-11-14-27(15-12-19)23(30)20-8-7-13-28(17-20)25-26-21-9-5-6-10-22(21)29(25)16-18(2)3/h5-6,9-10,18-20H,4,7-8,11-17H2,1-3H3. The molecule has 7 nitrogen and oxygen atoms in total. The summed E-state index contributed by atoms with van der Waals surface area (Å²) in [5, 5.41) is 0. The second-order valence-corrected chi connectivity index (χ2v) is 9.54. The molecule has 2 aliphatic heterocycles. The molecule has 3 heterocycles. The molecule has 2 aliphatic rings. The van der Waals surface area contributed by atoms with Gasteiger partial charge in [-0.2, -0.15) is 0 Å². The Morgan fingerprint density at radius 1 is 1.09 bits per heavy atom. The van der Waals surface area contributed by atoms with Gasteiger partial charge in [0.25, 0.3) is 0 Å². The topological polar surface area (TPSA) is 67.7 Å². The van der Waals surface area contributed by atoms with Crippen LogP contribution >= 0.6 is 0 Å². The maximum Gasteiger partial charge on any atom is 0.309 e. The molecule has 0 radical (unpaired) electrons. The number of aromatic nitrogens is 2. The Balaban J connectivity index is 1.45. The van der Waals surface area contributed by atoms with Gasteiger partial charge >= 0.3 is 5.97 Å². The number of likely N-dealkylation sites (tertiary alicyclic amines) is 1. The third kappa shape index (κ3) is 4.76. The fourth-order valence-corrected chi connectivity index (χ4v) is 5.06. The highest BCUT2D eigenvalue weighted by Gasteiger charge is 2.34. The highest BCUT2D eigenvalue weighted by Crippen LogP contribution is 2.29. The number of carbonyl (C=O) groups excluding carboxylic acids is 2. The van der Waals surface area contributed by atoms with Crippen LogP contribution < -0.4 is 4.90 Å². The van der Waals surface area contributed by atoms with Crippen molar-refractivity contribution in [3.05, 3.63) is 24.3 Å². The number of nitrogens with zero attached hydrogens (tertiary/aromatic N) is 4.